The molecule has 3 heterocycles. The maximum Gasteiger partial charge on any atom is 0.419 e. The highest BCUT2D eigenvalue weighted by molar-refractivity contribution is 5.70. The Morgan fingerprint density at radius 1 is 1.11 bits per heavy atom. The van der Waals surface area contributed by atoms with E-state index in [0.717, 1.165) is 6.07 Å². The second-order valence-electron chi connectivity index (χ2n) is 8.20. The minimum atomic E-state index is -4.47. The minimum absolute atomic E-state index is 0.115. The normalized spacial score (nSPS) is 15.6. The van der Waals surface area contributed by atoms with Gasteiger partial charge in [-0.3, -0.25) is 4.79 Å². The molecule has 12 heteroatoms. The fourth-order valence-corrected chi connectivity index (χ4v) is 3.75. The average molecular weight is 491 g/mol. The Morgan fingerprint density at radius 3 is 2.51 bits per heavy atom. The summed E-state index contributed by atoms with van der Waals surface area (Å²) in [5, 5.41) is 16.3. The third-order valence-corrected chi connectivity index (χ3v) is 5.68. The molecular weight excluding hydrogens is 467 g/mol. The van der Waals surface area contributed by atoms with E-state index < -0.39 is 11.7 Å². The number of alkyl halides is 3. The highest BCUT2D eigenvalue weighted by atomic mass is 19.4. The van der Waals surface area contributed by atoms with E-state index in [4.69, 9.17) is 9.15 Å². The van der Waals surface area contributed by atoms with Gasteiger partial charge in [-0.05, 0) is 24.3 Å². The van der Waals surface area contributed by atoms with Crippen LogP contribution < -0.4 is 9.64 Å². The van der Waals surface area contributed by atoms with Crippen molar-refractivity contribution in [2.75, 3.05) is 25.1 Å². The monoisotopic (exact) mass is 491 g/mol. The first-order chi connectivity index (χ1) is 16.7. The van der Waals surface area contributed by atoms with Crippen LogP contribution in [-0.2, 0) is 15.7 Å². The number of benzene rings is 1. The Morgan fingerprint density at radius 2 is 1.86 bits per heavy atom. The van der Waals surface area contributed by atoms with Gasteiger partial charge < -0.3 is 18.8 Å². The summed E-state index contributed by atoms with van der Waals surface area (Å²) in [6, 6.07) is 8.71. The number of carbonyl (C=O) groups excluding carboxylic acids is 1. The van der Waals surface area contributed by atoms with Gasteiger partial charge in [-0.2, -0.15) is 13.2 Å². The van der Waals surface area contributed by atoms with Gasteiger partial charge in [0.05, 0.1) is 19.1 Å². The second-order valence-corrected chi connectivity index (χ2v) is 8.20. The van der Waals surface area contributed by atoms with Crippen molar-refractivity contribution in [2.24, 2.45) is 0 Å². The van der Waals surface area contributed by atoms with E-state index in [1.165, 1.54) is 25.3 Å². The number of hydrogen-bond donors (Lipinski definition) is 0. The quantitative estimate of drug-likeness (QED) is 0.449. The van der Waals surface area contributed by atoms with E-state index in [-0.39, 0.29) is 36.1 Å². The molecule has 35 heavy (non-hydrogen) atoms. The molecule has 0 saturated carbocycles. The molecule has 1 saturated heterocycles. The molecular formula is C23H24F3N5O4. The summed E-state index contributed by atoms with van der Waals surface area (Å²) in [7, 11) is 1.31. The second kappa shape index (κ2) is 10.3. The number of esters is 1. The summed E-state index contributed by atoms with van der Waals surface area (Å²) < 4.78 is 55.6. The van der Waals surface area contributed by atoms with Crippen molar-refractivity contribution in [2.45, 2.75) is 44.4 Å². The molecule has 1 aliphatic rings. The van der Waals surface area contributed by atoms with Crippen LogP contribution in [0.5, 0.6) is 5.75 Å². The third-order valence-electron chi connectivity index (χ3n) is 5.68. The van der Waals surface area contributed by atoms with Crippen LogP contribution in [0.15, 0.2) is 40.8 Å². The first-order valence-corrected chi connectivity index (χ1v) is 11.1. The molecule has 0 amide bonds. The molecule has 0 spiro atoms. The Labute approximate surface area is 199 Å². The van der Waals surface area contributed by atoms with Gasteiger partial charge in [-0.15, -0.1) is 20.4 Å². The van der Waals surface area contributed by atoms with Crippen LogP contribution in [0.25, 0.3) is 11.6 Å². The maximum atomic E-state index is 13.2. The summed E-state index contributed by atoms with van der Waals surface area (Å²) in [5.41, 5.74) is -0.382. The van der Waals surface area contributed by atoms with Crippen LogP contribution in [0.2, 0.25) is 0 Å². The Bertz CT molecular complexity index is 1140. The van der Waals surface area contributed by atoms with Gasteiger partial charge >= 0.3 is 12.1 Å². The standard InChI is InChI=1S/C23H24F3N5O4/c1-14(13-20(32)33-2)21-29-30-22(35-21)17-7-8-19(28-27-17)31-11-9-15(10-12-31)34-18-6-4-3-5-16(18)23(24,25)26/h3-8,14-15H,9-13H2,1-2H3. The van der Waals surface area contributed by atoms with Crippen molar-refractivity contribution in [3.63, 3.8) is 0 Å². The number of hydrogen-bond acceptors (Lipinski definition) is 9. The van der Waals surface area contributed by atoms with Gasteiger partial charge in [0.1, 0.15) is 17.5 Å². The predicted molar refractivity (Wildman–Crippen MR) is 118 cm³/mol. The molecule has 186 valence electrons. The van der Waals surface area contributed by atoms with E-state index in [2.05, 4.69) is 25.1 Å². The Kier molecular flexibility index (Phi) is 7.17. The molecule has 3 aromatic rings. The molecule has 1 unspecified atom stereocenters. The molecule has 0 N–H and O–H groups in total. The first kappa shape index (κ1) is 24.4. The third kappa shape index (κ3) is 5.87. The highest BCUT2D eigenvalue weighted by Crippen LogP contribution is 2.37. The molecule has 4 rings (SSSR count). The smallest absolute Gasteiger partial charge is 0.419 e. The van der Waals surface area contributed by atoms with Crippen LogP contribution in [-0.4, -0.2) is 52.7 Å². The lowest BCUT2D eigenvalue weighted by atomic mass is 10.1. The molecule has 2 aromatic heterocycles. The van der Waals surface area contributed by atoms with Crippen molar-refractivity contribution in [1.29, 1.82) is 0 Å². The minimum Gasteiger partial charge on any atom is -0.490 e. The Balaban J connectivity index is 1.34. The summed E-state index contributed by atoms with van der Waals surface area (Å²) in [6.07, 6.45) is -3.59. The number of piperidine rings is 1. The summed E-state index contributed by atoms with van der Waals surface area (Å²) in [5.74, 6) is 0.281. The first-order valence-electron chi connectivity index (χ1n) is 11.1. The van der Waals surface area contributed by atoms with E-state index in [9.17, 15) is 18.0 Å². The van der Waals surface area contributed by atoms with Gasteiger partial charge in [-0.25, -0.2) is 0 Å². The molecule has 0 radical (unpaired) electrons. The fourth-order valence-electron chi connectivity index (χ4n) is 3.75. The highest BCUT2D eigenvalue weighted by Gasteiger charge is 2.35. The number of anilines is 1. The van der Waals surface area contributed by atoms with Gasteiger partial charge in [0.2, 0.25) is 5.89 Å². The molecule has 1 fully saturated rings. The number of rotatable bonds is 7. The van der Waals surface area contributed by atoms with Crippen molar-refractivity contribution in [3.05, 3.63) is 47.9 Å². The topological polar surface area (TPSA) is 103 Å². The van der Waals surface area contributed by atoms with E-state index in [1.54, 1.807) is 19.1 Å². The van der Waals surface area contributed by atoms with Gasteiger partial charge in [0.25, 0.3) is 5.89 Å². The fraction of sp³-hybridized carbons (Fsp3) is 0.435. The van der Waals surface area contributed by atoms with E-state index >= 15 is 0 Å². The molecule has 0 bridgehead atoms. The van der Waals surface area contributed by atoms with E-state index in [1.807, 2.05) is 4.90 Å². The maximum absolute atomic E-state index is 13.2. The van der Waals surface area contributed by atoms with Crippen molar-refractivity contribution >= 4 is 11.8 Å². The number of carbonyl (C=O) groups is 1. The van der Waals surface area contributed by atoms with Gasteiger partial charge in [0.15, 0.2) is 5.82 Å². The lowest BCUT2D eigenvalue weighted by Gasteiger charge is -2.33. The summed E-state index contributed by atoms with van der Waals surface area (Å²) >= 11 is 0. The molecule has 9 nitrogen and oxygen atoms in total. The van der Waals surface area contributed by atoms with Crippen molar-refractivity contribution < 1.29 is 31.9 Å². The van der Waals surface area contributed by atoms with Crippen molar-refractivity contribution in [1.82, 2.24) is 20.4 Å². The number of halogens is 3. The van der Waals surface area contributed by atoms with Crippen LogP contribution in [0.1, 0.15) is 43.6 Å². The SMILES string of the molecule is COC(=O)CC(C)c1nnc(-c2ccc(N3CCC(Oc4ccccc4C(F)(F)F)CC3)nn2)o1. The number of methoxy groups -OCH3 is 1. The van der Waals surface area contributed by atoms with Gasteiger partial charge in [-0.1, -0.05) is 19.1 Å². The van der Waals surface area contributed by atoms with Crippen LogP contribution in [0, 0.1) is 0 Å². The largest absolute Gasteiger partial charge is 0.490 e. The number of aromatic nitrogens is 4. The van der Waals surface area contributed by atoms with Crippen molar-refractivity contribution in [3.8, 4) is 17.3 Å². The zero-order chi connectivity index (χ0) is 25.0. The van der Waals surface area contributed by atoms with Crippen LogP contribution >= 0.6 is 0 Å². The molecule has 1 aliphatic heterocycles. The Hall–Kier alpha value is -3.70. The number of nitrogens with zero attached hydrogens (tertiary/aromatic N) is 5. The van der Waals surface area contributed by atoms with Crippen LogP contribution in [0.4, 0.5) is 19.0 Å². The lowest BCUT2D eigenvalue weighted by Crippen LogP contribution is -2.39. The zero-order valence-electron chi connectivity index (χ0n) is 19.2. The average Bonchev–Trinajstić information content (AvgIpc) is 3.35. The summed E-state index contributed by atoms with van der Waals surface area (Å²) in [6.45, 7) is 2.89. The van der Waals surface area contributed by atoms with Gasteiger partial charge in [0, 0.05) is 31.8 Å². The van der Waals surface area contributed by atoms with Crippen LogP contribution in [0.3, 0.4) is 0 Å². The van der Waals surface area contributed by atoms with E-state index in [0.29, 0.717) is 43.3 Å². The predicted octanol–water partition coefficient (Wildman–Crippen LogP) is 4.26. The molecule has 0 aliphatic carbocycles. The number of para-hydroxylation sites is 1. The molecule has 1 aromatic carbocycles. The molecule has 1 atom stereocenters. The lowest BCUT2D eigenvalue weighted by molar-refractivity contribution is -0.141. The number of ether oxygens (including phenoxy) is 2. The zero-order valence-corrected chi connectivity index (χ0v) is 19.2. The summed E-state index contributed by atoms with van der Waals surface area (Å²) in [4.78, 5) is 13.4.